The summed E-state index contributed by atoms with van der Waals surface area (Å²) < 4.78 is 5.57. The molecule has 106 valence electrons. The van der Waals surface area contributed by atoms with Gasteiger partial charge in [-0.25, -0.2) is 0 Å². The largest absolute Gasteiger partial charge is 0.339 e. The van der Waals surface area contributed by atoms with Gasteiger partial charge in [-0.05, 0) is 38.6 Å². The highest BCUT2D eigenvalue weighted by molar-refractivity contribution is 5.05. The van der Waals surface area contributed by atoms with Crippen molar-refractivity contribution in [3.63, 3.8) is 0 Å². The highest BCUT2D eigenvalue weighted by Crippen LogP contribution is 2.36. The summed E-state index contributed by atoms with van der Waals surface area (Å²) in [5, 5.41) is 7.87. The SMILES string of the molecule is CCCNC1CCCC1c1nc(C2CCCC2)no1. The molecule has 2 fully saturated rings. The molecule has 2 atom stereocenters. The number of nitrogens with one attached hydrogen (secondary N) is 1. The number of hydrogen-bond acceptors (Lipinski definition) is 4. The molecule has 0 aromatic carbocycles. The van der Waals surface area contributed by atoms with Gasteiger partial charge in [0.15, 0.2) is 5.82 Å². The summed E-state index contributed by atoms with van der Waals surface area (Å²) in [4.78, 5) is 4.71. The number of hydrogen-bond donors (Lipinski definition) is 1. The van der Waals surface area contributed by atoms with Crippen molar-refractivity contribution < 1.29 is 4.52 Å². The van der Waals surface area contributed by atoms with Crippen LogP contribution in [0.4, 0.5) is 0 Å². The molecule has 0 bridgehead atoms. The van der Waals surface area contributed by atoms with Gasteiger partial charge in [-0.2, -0.15) is 4.98 Å². The molecule has 2 aliphatic rings. The van der Waals surface area contributed by atoms with Crippen LogP contribution in [0, 0.1) is 0 Å². The summed E-state index contributed by atoms with van der Waals surface area (Å²) in [5.41, 5.74) is 0. The third-order valence-corrected chi connectivity index (χ3v) is 4.67. The molecular formula is C15H25N3O. The van der Waals surface area contributed by atoms with Crippen LogP contribution in [-0.4, -0.2) is 22.7 Å². The topological polar surface area (TPSA) is 51.0 Å². The molecule has 1 aromatic heterocycles. The summed E-state index contributed by atoms with van der Waals surface area (Å²) >= 11 is 0. The number of nitrogens with zero attached hydrogens (tertiary/aromatic N) is 2. The minimum atomic E-state index is 0.439. The molecule has 0 saturated heterocycles. The van der Waals surface area contributed by atoms with E-state index in [0.717, 1.165) is 18.3 Å². The second kappa shape index (κ2) is 6.04. The normalized spacial score (nSPS) is 28.3. The second-order valence-electron chi connectivity index (χ2n) is 6.07. The monoisotopic (exact) mass is 263 g/mol. The van der Waals surface area contributed by atoms with Gasteiger partial charge >= 0.3 is 0 Å². The van der Waals surface area contributed by atoms with Gasteiger partial charge in [-0.15, -0.1) is 0 Å². The first kappa shape index (κ1) is 13.1. The van der Waals surface area contributed by atoms with E-state index < -0.39 is 0 Å². The molecule has 0 amide bonds. The predicted octanol–water partition coefficient (Wildman–Crippen LogP) is 3.36. The maximum Gasteiger partial charge on any atom is 0.231 e. The lowest BCUT2D eigenvalue weighted by atomic mass is 10.0. The summed E-state index contributed by atoms with van der Waals surface area (Å²) in [6, 6.07) is 0.539. The third-order valence-electron chi connectivity index (χ3n) is 4.67. The maximum atomic E-state index is 5.57. The van der Waals surface area contributed by atoms with Gasteiger partial charge in [0.1, 0.15) is 0 Å². The summed E-state index contributed by atoms with van der Waals surface area (Å²) in [7, 11) is 0. The Balaban J connectivity index is 1.67. The predicted molar refractivity (Wildman–Crippen MR) is 74.2 cm³/mol. The highest BCUT2D eigenvalue weighted by Gasteiger charge is 2.33. The van der Waals surface area contributed by atoms with Crippen LogP contribution in [0.25, 0.3) is 0 Å². The fourth-order valence-electron chi connectivity index (χ4n) is 3.58. The molecule has 4 nitrogen and oxygen atoms in total. The van der Waals surface area contributed by atoms with Crippen LogP contribution >= 0.6 is 0 Å². The second-order valence-corrected chi connectivity index (χ2v) is 6.07. The molecule has 1 aromatic rings. The Labute approximate surface area is 115 Å². The van der Waals surface area contributed by atoms with E-state index in [0.29, 0.717) is 17.9 Å². The Hall–Kier alpha value is -0.900. The minimum absolute atomic E-state index is 0.439. The summed E-state index contributed by atoms with van der Waals surface area (Å²) in [6.07, 6.45) is 9.99. The molecule has 0 radical (unpaired) electrons. The van der Waals surface area contributed by atoms with E-state index in [4.69, 9.17) is 9.51 Å². The van der Waals surface area contributed by atoms with Crippen LogP contribution < -0.4 is 5.32 Å². The van der Waals surface area contributed by atoms with Gasteiger partial charge in [0, 0.05) is 12.0 Å². The molecule has 2 aliphatic carbocycles. The van der Waals surface area contributed by atoms with Gasteiger partial charge < -0.3 is 9.84 Å². The standard InChI is InChI=1S/C15H25N3O/c1-2-10-16-13-9-5-8-12(13)15-17-14(18-19-15)11-6-3-4-7-11/h11-13,16H,2-10H2,1H3. The van der Waals surface area contributed by atoms with Crippen LogP contribution in [0.15, 0.2) is 4.52 Å². The Morgan fingerprint density at radius 3 is 2.79 bits per heavy atom. The van der Waals surface area contributed by atoms with E-state index in [1.54, 1.807) is 0 Å². The lowest BCUT2D eigenvalue weighted by Crippen LogP contribution is -2.31. The van der Waals surface area contributed by atoms with Crippen molar-refractivity contribution in [1.82, 2.24) is 15.5 Å². The maximum absolute atomic E-state index is 5.57. The van der Waals surface area contributed by atoms with Crippen LogP contribution in [0.2, 0.25) is 0 Å². The Kier molecular flexibility index (Phi) is 4.16. The fourth-order valence-corrected chi connectivity index (χ4v) is 3.58. The fraction of sp³-hybridized carbons (Fsp3) is 0.867. The number of rotatable bonds is 5. The van der Waals surface area contributed by atoms with Gasteiger partial charge in [0.25, 0.3) is 0 Å². The zero-order valence-electron chi connectivity index (χ0n) is 11.9. The van der Waals surface area contributed by atoms with E-state index in [1.807, 2.05) is 0 Å². The van der Waals surface area contributed by atoms with Crippen molar-refractivity contribution in [2.75, 3.05) is 6.54 Å². The Morgan fingerprint density at radius 2 is 2.00 bits per heavy atom. The van der Waals surface area contributed by atoms with Gasteiger partial charge in [-0.1, -0.05) is 31.3 Å². The van der Waals surface area contributed by atoms with Crippen LogP contribution in [0.3, 0.4) is 0 Å². The first-order valence-corrected chi connectivity index (χ1v) is 7.95. The average molecular weight is 263 g/mol. The quantitative estimate of drug-likeness (QED) is 0.885. The molecule has 4 heteroatoms. The Bertz CT molecular complexity index is 398. The molecule has 0 spiro atoms. The van der Waals surface area contributed by atoms with Gasteiger partial charge in [0.2, 0.25) is 5.89 Å². The zero-order chi connectivity index (χ0) is 13.1. The van der Waals surface area contributed by atoms with E-state index in [1.165, 1.54) is 51.4 Å². The molecule has 2 saturated carbocycles. The van der Waals surface area contributed by atoms with Crippen molar-refractivity contribution in [1.29, 1.82) is 0 Å². The average Bonchev–Trinajstić information content (AvgIpc) is 3.14. The molecule has 1 heterocycles. The molecule has 1 N–H and O–H groups in total. The molecule has 2 unspecified atom stereocenters. The molecule has 0 aliphatic heterocycles. The van der Waals surface area contributed by atoms with Crippen molar-refractivity contribution >= 4 is 0 Å². The summed E-state index contributed by atoms with van der Waals surface area (Å²) in [5.74, 6) is 2.84. The van der Waals surface area contributed by atoms with Crippen LogP contribution in [-0.2, 0) is 0 Å². The van der Waals surface area contributed by atoms with Gasteiger partial charge in [0.05, 0.1) is 5.92 Å². The lowest BCUT2D eigenvalue weighted by molar-refractivity contribution is 0.326. The molecular weight excluding hydrogens is 238 g/mol. The van der Waals surface area contributed by atoms with Crippen molar-refractivity contribution in [3.05, 3.63) is 11.7 Å². The Morgan fingerprint density at radius 1 is 1.16 bits per heavy atom. The smallest absolute Gasteiger partial charge is 0.231 e. The van der Waals surface area contributed by atoms with E-state index >= 15 is 0 Å². The summed E-state index contributed by atoms with van der Waals surface area (Å²) in [6.45, 7) is 3.30. The van der Waals surface area contributed by atoms with Crippen LogP contribution in [0.5, 0.6) is 0 Å². The zero-order valence-corrected chi connectivity index (χ0v) is 11.9. The number of aromatic nitrogens is 2. The minimum Gasteiger partial charge on any atom is -0.339 e. The lowest BCUT2D eigenvalue weighted by Gasteiger charge is -2.17. The van der Waals surface area contributed by atoms with E-state index in [-0.39, 0.29) is 0 Å². The van der Waals surface area contributed by atoms with Gasteiger partial charge in [-0.3, -0.25) is 0 Å². The van der Waals surface area contributed by atoms with E-state index in [9.17, 15) is 0 Å². The van der Waals surface area contributed by atoms with Crippen molar-refractivity contribution in [2.24, 2.45) is 0 Å². The first-order valence-electron chi connectivity index (χ1n) is 7.95. The highest BCUT2D eigenvalue weighted by atomic mass is 16.5. The molecule has 3 rings (SSSR count). The first-order chi connectivity index (χ1) is 9.38. The molecule has 19 heavy (non-hydrogen) atoms. The van der Waals surface area contributed by atoms with Crippen LogP contribution in [0.1, 0.15) is 81.8 Å². The van der Waals surface area contributed by atoms with Crippen molar-refractivity contribution in [3.8, 4) is 0 Å². The third kappa shape index (κ3) is 2.83. The van der Waals surface area contributed by atoms with Crippen molar-refractivity contribution in [2.45, 2.75) is 76.2 Å². The van der Waals surface area contributed by atoms with E-state index in [2.05, 4.69) is 17.4 Å².